The maximum Gasteiger partial charge on any atom is 0.289 e. The average molecular weight is 356 g/mol. The van der Waals surface area contributed by atoms with Gasteiger partial charge in [-0.15, -0.1) is 0 Å². The molecule has 2 amide bonds. The summed E-state index contributed by atoms with van der Waals surface area (Å²) in [6.07, 6.45) is 3.75. The molecule has 3 heterocycles. The summed E-state index contributed by atoms with van der Waals surface area (Å²) in [5.41, 5.74) is 0.983. The summed E-state index contributed by atoms with van der Waals surface area (Å²) >= 11 is 0. The van der Waals surface area contributed by atoms with Crippen LogP contribution in [0.1, 0.15) is 30.8 Å². The van der Waals surface area contributed by atoms with Gasteiger partial charge in [0.05, 0.1) is 18.1 Å². The van der Waals surface area contributed by atoms with E-state index in [-0.39, 0.29) is 11.8 Å². The minimum Gasteiger partial charge on any atom is -0.459 e. The van der Waals surface area contributed by atoms with E-state index in [1.54, 1.807) is 23.2 Å². The predicted molar refractivity (Wildman–Crippen MR) is 99.1 cm³/mol. The SMILES string of the molecule is CC(C)CC(=O)Nc1ccc(N2CCN(C(=O)c3ccco3)CC2)cn1. The molecule has 0 radical (unpaired) electrons. The Kier molecular flexibility index (Phi) is 5.55. The maximum atomic E-state index is 12.3. The smallest absolute Gasteiger partial charge is 0.289 e. The van der Waals surface area contributed by atoms with E-state index in [0.29, 0.717) is 37.0 Å². The Morgan fingerprint density at radius 2 is 1.96 bits per heavy atom. The first-order chi connectivity index (χ1) is 12.5. The molecular formula is C19H24N4O3. The Morgan fingerprint density at radius 1 is 1.19 bits per heavy atom. The summed E-state index contributed by atoms with van der Waals surface area (Å²) in [6.45, 7) is 6.73. The summed E-state index contributed by atoms with van der Waals surface area (Å²) in [7, 11) is 0. The number of anilines is 2. The van der Waals surface area contributed by atoms with Gasteiger partial charge in [0.25, 0.3) is 5.91 Å². The molecule has 138 valence electrons. The number of carbonyl (C=O) groups is 2. The van der Waals surface area contributed by atoms with Crippen LogP contribution in [0.5, 0.6) is 0 Å². The number of nitrogens with zero attached hydrogens (tertiary/aromatic N) is 3. The van der Waals surface area contributed by atoms with E-state index in [4.69, 9.17) is 4.42 Å². The van der Waals surface area contributed by atoms with Crippen molar-refractivity contribution in [3.63, 3.8) is 0 Å². The van der Waals surface area contributed by atoms with Crippen molar-refractivity contribution in [1.82, 2.24) is 9.88 Å². The number of amides is 2. The second-order valence-corrected chi connectivity index (χ2v) is 6.80. The fourth-order valence-electron chi connectivity index (χ4n) is 2.94. The molecule has 1 aliphatic rings. The molecule has 1 aliphatic heterocycles. The van der Waals surface area contributed by atoms with E-state index in [9.17, 15) is 9.59 Å². The lowest BCUT2D eigenvalue weighted by Gasteiger charge is -2.35. The molecular weight excluding hydrogens is 332 g/mol. The molecule has 0 saturated carbocycles. The van der Waals surface area contributed by atoms with Crippen molar-refractivity contribution in [2.75, 3.05) is 36.4 Å². The highest BCUT2D eigenvalue weighted by Gasteiger charge is 2.23. The second kappa shape index (κ2) is 8.03. The molecule has 26 heavy (non-hydrogen) atoms. The van der Waals surface area contributed by atoms with Crippen molar-refractivity contribution in [2.45, 2.75) is 20.3 Å². The monoisotopic (exact) mass is 356 g/mol. The molecule has 3 rings (SSSR count). The predicted octanol–water partition coefficient (Wildman–Crippen LogP) is 2.62. The minimum absolute atomic E-state index is 0.0229. The van der Waals surface area contributed by atoms with Gasteiger partial charge in [0, 0.05) is 32.6 Å². The molecule has 2 aromatic rings. The van der Waals surface area contributed by atoms with Crippen LogP contribution in [0, 0.1) is 5.92 Å². The van der Waals surface area contributed by atoms with Gasteiger partial charge in [-0.05, 0) is 30.2 Å². The molecule has 0 spiro atoms. The third-order valence-corrected chi connectivity index (χ3v) is 4.27. The van der Waals surface area contributed by atoms with Crippen LogP contribution in [0.3, 0.4) is 0 Å². The molecule has 1 fully saturated rings. The van der Waals surface area contributed by atoms with E-state index >= 15 is 0 Å². The minimum atomic E-state index is -0.0732. The van der Waals surface area contributed by atoms with Gasteiger partial charge >= 0.3 is 0 Å². The lowest BCUT2D eigenvalue weighted by molar-refractivity contribution is -0.116. The van der Waals surface area contributed by atoms with E-state index in [0.717, 1.165) is 18.8 Å². The van der Waals surface area contributed by atoms with Crippen LogP contribution in [0.25, 0.3) is 0 Å². The molecule has 2 aromatic heterocycles. The lowest BCUT2D eigenvalue weighted by Crippen LogP contribution is -2.48. The summed E-state index contributed by atoms with van der Waals surface area (Å²) in [5.74, 6) is 1.16. The zero-order valence-corrected chi connectivity index (χ0v) is 15.1. The van der Waals surface area contributed by atoms with Gasteiger partial charge in [-0.3, -0.25) is 9.59 Å². The summed E-state index contributed by atoms with van der Waals surface area (Å²) in [5, 5.41) is 2.81. The maximum absolute atomic E-state index is 12.3. The normalized spacial score (nSPS) is 14.6. The Labute approximate surface area is 153 Å². The van der Waals surface area contributed by atoms with Crippen LogP contribution in [0.15, 0.2) is 41.1 Å². The van der Waals surface area contributed by atoms with Crippen molar-refractivity contribution in [3.05, 3.63) is 42.5 Å². The zero-order chi connectivity index (χ0) is 18.5. The van der Waals surface area contributed by atoms with Gasteiger partial charge < -0.3 is 19.5 Å². The van der Waals surface area contributed by atoms with E-state index in [2.05, 4.69) is 15.2 Å². The average Bonchev–Trinajstić information content (AvgIpc) is 3.16. The Morgan fingerprint density at radius 3 is 2.54 bits per heavy atom. The first-order valence-corrected chi connectivity index (χ1v) is 8.86. The van der Waals surface area contributed by atoms with Gasteiger partial charge in [-0.2, -0.15) is 0 Å². The third-order valence-electron chi connectivity index (χ3n) is 4.27. The molecule has 7 nitrogen and oxygen atoms in total. The molecule has 0 atom stereocenters. The quantitative estimate of drug-likeness (QED) is 0.891. The number of nitrogens with one attached hydrogen (secondary N) is 1. The van der Waals surface area contributed by atoms with E-state index in [1.165, 1.54) is 6.26 Å². The summed E-state index contributed by atoms with van der Waals surface area (Å²) in [6, 6.07) is 7.16. The number of pyridine rings is 1. The van der Waals surface area contributed by atoms with Gasteiger partial charge in [0.1, 0.15) is 5.82 Å². The number of rotatable bonds is 5. The Balaban J connectivity index is 1.53. The highest BCUT2D eigenvalue weighted by Crippen LogP contribution is 2.18. The Bertz CT molecular complexity index is 733. The number of carbonyl (C=O) groups excluding carboxylic acids is 2. The van der Waals surface area contributed by atoms with Crippen LogP contribution in [-0.2, 0) is 4.79 Å². The van der Waals surface area contributed by atoms with Crippen molar-refractivity contribution < 1.29 is 14.0 Å². The van der Waals surface area contributed by atoms with Crippen molar-refractivity contribution in [1.29, 1.82) is 0 Å². The molecule has 0 bridgehead atoms. The molecule has 7 heteroatoms. The topological polar surface area (TPSA) is 78.7 Å². The largest absolute Gasteiger partial charge is 0.459 e. The zero-order valence-electron chi connectivity index (χ0n) is 15.1. The summed E-state index contributed by atoms with van der Waals surface area (Å²) in [4.78, 5) is 32.4. The number of piperazine rings is 1. The van der Waals surface area contributed by atoms with Gasteiger partial charge in [0.2, 0.25) is 5.91 Å². The molecule has 1 N–H and O–H groups in total. The molecule has 0 unspecified atom stereocenters. The van der Waals surface area contributed by atoms with Crippen LogP contribution in [-0.4, -0.2) is 47.9 Å². The number of hydrogen-bond donors (Lipinski definition) is 1. The summed E-state index contributed by atoms with van der Waals surface area (Å²) < 4.78 is 5.18. The number of furan rings is 1. The van der Waals surface area contributed by atoms with Gasteiger partial charge in [-0.1, -0.05) is 13.8 Å². The highest BCUT2D eigenvalue weighted by atomic mass is 16.3. The number of hydrogen-bond acceptors (Lipinski definition) is 5. The van der Waals surface area contributed by atoms with Crippen molar-refractivity contribution in [3.8, 4) is 0 Å². The lowest BCUT2D eigenvalue weighted by atomic mass is 10.1. The molecule has 0 aromatic carbocycles. The first-order valence-electron chi connectivity index (χ1n) is 8.86. The van der Waals surface area contributed by atoms with Crippen molar-refractivity contribution >= 4 is 23.3 Å². The standard InChI is InChI=1S/C19H24N4O3/c1-14(2)12-18(24)21-17-6-5-15(13-20-17)22-7-9-23(10-8-22)19(25)16-4-3-11-26-16/h3-6,11,13-14H,7-10,12H2,1-2H3,(H,20,21,24). The van der Waals surface area contributed by atoms with E-state index < -0.39 is 0 Å². The fourth-order valence-corrected chi connectivity index (χ4v) is 2.94. The van der Waals surface area contributed by atoms with E-state index in [1.807, 2.05) is 26.0 Å². The molecule has 0 aliphatic carbocycles. The van der Waals surface area contributed by atoms with Gasteiger partial charge in [-0.25, -0.2) is 4.98 Å². The van der Waals surface area contributed by atoms with Crippen LogP contribution in [0.2, 0.25) is 0 Å². The fraction of sp³-hybridized carbons (Fsp3) is 0.421. The Hall–Kier alpha value is -2.83. The molecule has 1 saturated heterocycles. The third kappa shape index (κ3) is 4.41. The van der Waals surface area contributed by atoms with Gasteiger partial charge in [0.15, 0.2) is 5.76 Å². The highest BCUT2D eigenvalue weighted by molar-refractivity contribution is 5.91. The first kappa shape index (κ1) is 18.0. The van der Waals surface area contributed by atoms with Crippen LogP contribution in [0.4, 0.5) is 11.5 Å². The number of aromatic nitrogens is 1. The van der Waals surface area contributed by atoms with Crippen molar-refractivity contribution in [2.24, 2.45) is 5.92 Å². The van der Waals surface area contributed by atoms with Crippen LogP contribution >= 0.6 is 0 Å². The second-order valence-electron chi connectivity index (χ2n) is 6.80. The van der Waals surface area contributed by atoms with Crippen LogP contribution < -0.4 is 10.2 Å².